The summed E-state index contributed by atoms with van der Waals surface area (Å²) in [5.41, 5.74) is 3.70. The molecule has 4 heteroatoms. The Bertz CT molecular complexity index is 833. The summed E-state index contributed by atoms with van der Waals surface area (Å²) in [5, 5.41) is 10.2. The number of carbonyl (C=O) groups is 1. The molecule has 0 aliphatic carbocycles. The number of benzene rings is 1. The fourth-order valence-electron chi connectivity index (χ4n) is 2.80. The van der Waals surface area contributed by atoms with Crippen LogP contribution in [0.15, 0.2) is 42.6 Å². The topological polar surface area (TPSA) is 55.1 Å². The lowest BCUT2D eigenvalue weighted by molar-refractivity contribution is 0.0698. The molecule has 0 atom stereocenters. The standard InChI is InChI=1S/C15H10N2O2/c18-15(19)13-9-4-1-2-5-11(9)16-14-10(13)8-17-7-3-6-12(14)17/h1-7H,8H2,(H,18,19). The zero-order valence-electron chi connectivity index (χ0n) is 10.00. The molecule has 3 aromatic rings. The van der Waals surface area contributed by atoms with E-state index in [0.29, 0.717) is 17.5 Å². The van der Waals surface area contributed by atoms with Gasteiger partial charge in [0, 0.05) is 17.1 Å². The van der Waals surface area contributed by atoms with Crippen molar-refractivity contribution in [3.63, 3.8) is 0 Å². The summed E-state index contributed by atoms with van der Waals surface area (Å²) in [6.45, 7) is 0.580. The fraction of sp³-hybridized carbons (Fsp3) is 0.0667. The second kappa shape index (κ2) is 3.45. The molecule has 0 bridgehead atoms. The van der Waals surface area contributed by atoms with E-state index in [-0.39, 0.29) is 0 Å². The Morgan fingerprint density at radius 1 is 1.21 bits per heavy atom. The van der Waals surface area contributed by atoms with Gasteiger partial charge in [0.2, 0.25) is 0 Å². The van der Waals surface area contributed by atoms with Crippen LogP contribution < -0.4 is 0 Å². The van der Waals surface area contributed by atoms with Gasteiger partial charge >= 0.3 is 5.97 Å². The molecule has 1 aromatic carbocycles. The highest BCUT2D eigenvalue weighted by atomic mass is 16.4. The molecule has 19 heavy (non-hydrogen) atoms. The van der Waals surface area contributed by atoms with Crippen molar-refractivity contribution in [2.24, 2.45) is 0 Å². The monoisotopic (exact) mass is 250 g/mol. The number of rotatable bonds is 1. The second-order valence-corrected chi connectivity index (χ2v) is 4.66. The van der Waals surface area contributed by atoms with Crippen molar-refractivity contribution in [1.29, 1.82) is 0 Å². The highest BCUT2D eigenvalue weighted by Crippen LogP contribution is 2.36. The van der Waals surface area contributed by atoms with Gasteiger partial charge in [0.15, 0.2) is 0 Å². The molecule has 2 aromatic heterocycles. The molecular formula is C15H10N2O2. The van der Waals surface area contributed by atoms with E-state index in [0.717, 1.165) is 22.5 Å². The maximum Gasteiger partial charge on any atom is 0.336 e. The first kappa shape index (κ1) is 10.3. The van der Waals surface area contributed by atoms with Gasteiger partial charge in [-0.2, -0.15) is 0 Å². The number of pyridine rings is 1. The zero-order valence-corrected chi connectivity index (χ0v) is 10.00. The van der Waals surface area contributed by atoms with Crippen molar-refractivity contribution in [3.8, 4) is 11.4 Å². The largest absolute Gasteiger partial charge is 0.478 e. The van der Waals surface area contributed by atoms with Gasteiger partial charge in [-0.25, -0.2) is 9.78 Å². The van der Waals surface area contributed by atoms with Crippen LogP contribution in [0.1, 0.15) is 15.9 Å². The highest BCUT2D eigenvalue weighted by Gasteiger charge is 2.26. The lowest BCUT2D eigenvalue weighted by atomic mass is 10.0. The van der Waals surface area contributed by atoms with Crippen LogP contribution in [0.25, 0.3) is 22.3 Å². The summed E-state index contributed by atoms with van der Waals surface area (Å²) in [6.07, 6.45) is 1.95. The third-order valence-corrected chi connectivity index (χ3v) is 3.61. The Morgan fingerprint density at radius 2 is 2.05 bits per heavy atom. The normalized spacial score (nSPS) is 12.4. The van der Waals surface area contributed by atoms with Gasteiger partial charge in [0.05, 0.1) is 29.0 Å². The summed E-state index contributed by atoms with van der Waals surface area (Å²) in [7, 11) is 0. The molecule has 3 heterocycles. The number of hydrogen-bond donors (Lipinski definition) is 1. The van der Waals surface area contributed by atoms with Crippen molar-refractivity contribution < 1.29 is 9.90 Å². The van der Waals surface area contributed by atoms with Crippen LogP contribution in [0.5, 0.6) is 0 Å². The molecule has 4 rings (SSSR count). The molecule has 0 unspecified atom stereocenters. The number of para-hydroxylation sites is 1. The Labute approximate surface area is 108 Å². The molecule has 0 saturated carbocycles. The average Bonchev–Trinajstić information content (AvgIpc) is 2.96. The average molecular weight is 250 g/mol. The summed E-state index contributed by atoms with van der Waals surface area (Å²) < 4.78 is 2.03. The predicted octanol–water partition coefficient (Wildman–Crippen LogP) is 2.76. The van der Waals surface area contributed by atoms with Gasteiger partial charge in [-0.15, -0.1) is 0 Å². The highest BCUT2D eigenvalue weighted by molar-refractivity contribution is 6.06. The second-order valence-electron chi connectivity index (χ2n) is 4.66. The maximum atomic E-state index is 11.6. The van der Waals surface area contributed by atoms with Crippen molar-refractivity contribution >= 4 is 16.9 Å². The first-order valence-corrected chi connectivity index (χ1v) is 6.06. The van der Waals surface area contributed by atoms with Crippen molar-refractivity contribution in [2.75, 3.05) is 0 Å². The van der Waals surface area contributed by atoms with E-state index in [2.05, 4.69) is 4.98 Å². The van der Waals surface area contributed by atoms with Crippen molar-refractivity contribution in [2.45, 2.75) is 6.54 Å². The first-order chi connectivity index (χ1) is 9.25. The summed E-state index contributed by atoms with van der Waals surface area (Å²) in [4.78, 5) is 16.2. The molecule has 92 valence electrons. The number of carboxylic acids is 1. The van der Waals surface area contributed by atoms with E-state index in [9.17, 15) is 9.90 Å². The number of carboxylic acid groups (broad SMARTS) is 1. The van der Waals surface area contributed by atoms with E-state index in [1.54, 1.807) is 0 Å². The Kier molecular flexibility index (Phi) is 1.87. The van der Waals surface area contributed by atoms with Crippen LogP contribution >= 0.6 is 0 Å². The van der Waals surface area contributed by atoms with Crippen molar-refractivity contribution in [1.82, 2.24) is 9.55 Å². The molecule has 0 radical (unpaired) electrons. The minimum atomic E-state index is -0.888. The summed E-state index contributed by atoms with van der Waals surface area (Å²) >= 11 is 0. The lowest BCUT2D eigenvalue weighted by Gasteiger charge is -2.08. The number of aromatic nitrogens is 2. The van der Waals surface area contributed by atoms with Crippen molar-refractivity contribution in [3.05, 3.63) is 53.7 Å². The van der Waals surface area contributed by atoms with E-state index in [4.69, 9.17) is 0 Å². The van der Waals surface area contributed by atoms with Crippen LogP contribution in [-0.4, -0.2) is 20.6 Å². The molecule has 4 nitrogen and oxygen atoms in total. The van der Waals surface area contributed by atoms with Crippen LogP contribution in [-0.2, 0) is 6.54 Å². The molecule has 1 aliphatic heterocycles. The molecule has 0 amide bonds. The predicted molar refractivity (Wildman–Crippen MR) is 71.2 cm³/mol. The minimum Gasteiger partial charge on any atom is -0.478 e. The van der Waals surface area contributed by atoms with Gasteiger partial charge in [0.1, 0.15) is 0 Å². The lowest BCUT2D eigenvalue weighted by Crippen LogP contribution is -2.05. The quantitative estimate of drug-likeness (QED) is 0.565. The van der Waals surface area contributed by atoms with E-state index >= 15 is 0 Å². The van der Waals surface area contributed by atoms with Crippen LogP contribution in [0.2, 0.25) is 0 Å². The number of hydrogen-bond acceptors (Lipinski definition) is 2. The fourth-order valence-corrected chi connectivity index (χ4v) is 2.80. The van der Waals surface area contributed by atoms with Gasteiger partial charge in [-0.3, -0.25) is 0 Å². The molecule has 0 fully saturated rings. The van der Waals surface area contributed by atoms with Gasteiger partial charge < -0.3 is 9.67 Å². The van der Waals surface area contributed by atoms with E-state index < -0.39 is 5.97 Å². The number of nitrogens with zero attached hydrogens (tertiary/aromatic N) is 2. The number of fused-ring (bicyclic) bond motifs is 4. The first-order valence-electron chi connectivity index (χ1n) is 6.06. The molecular weight excluding hydrogens is 240 g/mol. The van der Waals surface area contributed by atoms with Gasteiger partial charge in [-0.1, -0.05) is 18.2 Å². The Hall–Kier alpha value is -2.62. The smallest absolute Gasteiger partial charge is 0.336 e. The van der Waals surface area contributed by atoms with Crippen LogP contribution in [0, 0.1) is 0 Å². The molecule has 1 N–H and O–H groups in total. The zero-order chi connectivity index (χ0) is 13.0. The minimum absolute atomic E-state index is 0.379. The van der Waals surface area contributed by atoms with E-state index in [1.165, 1.54) is 0 Å². The van der Waals surface area contributed by atoms with Crippen LogP contribution in [0.3, 0.4) is 0 Å². The maximum absolute atomic E-state index is 11.6. The third-order valence-electron chi connectivity index (χ3n) is 3.61. The summed E-state index contributed by atoms with van der Waals surface area (Å²) in [6, 6.07) is 11.3. The third kappa shape index (κ3) is 1.28. The van der Waals surface area contributed by atoms with E-state index in [1.807, 2.05) is 47.2 Å². The summed E-state index contributed by atoms with van der Waals surface area (Å²) in [5.74, 6) is -0.888. The Morgan fingerprint density at radius 3 is 2.89 bits per heavy atom. The van der Waals surface area contributed by atoms with Gasteiger partial charge in [0.25, 0.3) is 0 Å². The molecule has 1 aliphatic rings. The molecule has 0 spiro atoms. The molecule has 0 saturated heterocycles. The van der Waals surface area contributed by atoms with Gasteiger partial charge in [-0.05, 0) is 18.2 Å². The SMILES string of the molecule is O=C(O)c1c2c(nc3ccccc13)-c1cccn1C2. The Balaban J connectivity index is 2.17. The number of aromatic carboxylic acids is 1. The van der Waals surface area contributed by atoms with Crippen LogP contribution in [0.4, 0.5) is 0 Å².